The highest BCUT2D eigenvalue weighted by Crippen LogP contribution is 2.35. The minimum atomic E-state index is -1.03. The summed E-state index contributed by atoms with van der Waals surface area (Å²) >= 11 is 0. The van der Waals surface area contributed by atoms with E-state index >= 15 is 0 Å². The number of hydrogen-bond acceptors (Lipinski definition) is 3. The normalized spacial score (nSPS) is 13.5. The zero-order chi connectivity index (χ0) is 18.3. The van der Waals surface area contributed by atoms with Crippen LogP contribution in [-0.2, 0) is 13.1 Å². The predicted molar refractivity (Wildman–Crippen MR) is 88.9 cm³/mol. The van der Waals surface area contributed by atoms with Crippen LogP contribution in [-0.4, -0.2) is 16.1 Å². The summed E-state index contributed by atoms with van der Waals surface area (Å²) in [5.41, 5.74) is 0.178. The van der Waals surface area contributed by atoms with Gasteiger partial charge in [0.1, 0.15) is 40.6 Å². The lowest BCUT2D eigenvalue weighted by molar-refractivity contribution is 0.509. The molecule has 8 heteroatoms. The zero-order valence-corrected chi connectivity index (χ0v) is 13.5. The molecule has 3 aromatic rings. The molecule has 1 aliphatic heterocycles. The number of aromatic nitrogens is 2. The molecule has 4 rings (SSSR count). The summed E-state index contributed by atoms with van der Waals surface area (Å²) in [6, 6.07) is 6.81. The lowest BCUT2D eigenvalue weighted by Crippen LogP contribution is -2.28. The first-order valence-corrected chi connectivity index (χ1v) is 8.00. The number of hydrogen-bond donors (Lipinski definition) is 2. The first kappa shape index (κ1) is 16.6. The quantitative estimate of drug-likeness (QED) is 0.693. The molecule has 2 heterocycles. The van der Waals surface area contributed by atoms with Gasteiger partial charge in [0.2, 0.25) is 0 Å². The van der Waals surface area contributed by atoms with Gasteiger partial charge in [0, 0.05) is 30.9 Å². The molecule has 2 aromatic carbocycles. The van der Waals surface area contributed by atoms with Crippen molar-refractivity contribution in [2.75, 3.05) is 11.9 Å². The van der Waals surface area contributed by atoms with Crippen LogP contribution in [0.4, 0.5) is 29.1 Å². The smallest absolute Gasteiger partial charge is 0.139 e. The van der Waals surface area contributed by atoms with Gasteiger partial charge in [0.15, 0.2) is 0 Å². The van der Waals surface area contributed by atoms with Gasteiger partial charge in [-0.05, 0) is 24.3 Å². The molecule has 0 spiro atoms. The van der Waals surface area contributed by atoms with Crippen LogP contribution in [0.15, 0.2) is 36.4 Å². The second-order valence-electron chi connectivity index (χ2n) is 5.93. The summed E-state index contributed by atoms with van der Waals surface area (Å²) in [5.74, 6) is -2.49. The van der Waals surface area contributed by atoms with Gasteiger partial charge >= 0.3 is 0 Å². The van der Waals surface area contributed by atoms with E-state index in [0.717, 1.165) is 0 Å². The molecule has 0 saturated heterocycles. The zero-order valence-electron chi connectivity index (χ0n) is 13.5. The van der Waals surface area contributed by atoms with Crippen LogP contribution in [0.25, 0.3) is 11.3 Å². The third-order valence-electron chi connectivity index (χ3n) is 4.19. The average molecular weight is 362 g/mol. The Morgan fingerprint density at radius 1 is 0.962 bits per heavy atom. The number of anilines is 2. The van der Waals surface area contributed by atoms with Gasteiger partial charge < -0.3 is 15.2 Å². The monoisotopic (exact) mass is 362 g/mol. The molecule has 1 aliphatic rings. The second kappa shape index (κ2) is 6.45. The molecule has 0 amide bonds. The van der Waals surface area contributed by atoms with E-state index in [4.69, 9.17) is 0 Å². The minimum Gasteiger partial charge on any atom is -0.340 e. The van der Waals surface area contributed by atoms with E-state index < -0.39 is 28.8 Å². The third-order valence-corrected chi connectivity index (χ3v) is 4.19. The largest absolute Gasteiger partial charge is 0.340 e. The molecule has 2 N–H and O–H groups in total. The van der Waals surface area contributed by atoms with Crippen molar-refractivity contribution in [3.63, 3.8) is 0 Å². The molecular formula is C18H14F4N4. The van der Waals surface area contributed by atoms with Gasteiger partial charge in [-0.1, -0.05) is 0 Å². The molecule has 0 bridgehead atoms. The van der Waals surface area contributed by atoms with Crippen LogP contribution in [0.2, 0.25) is 0 Å². The summed E-state index contributed by atoms with van der Waals surface area (Å²) in [7, 11) is 0. The number of halogens is 4. The summed E-state index contributed by atoms with van der Waals surface area (Å²) in [6.07, 6.45) is 0. The van der Waals surface area contributed by atoms with E-state index in [9.17, 15) is 17.6 Å². The van der Waals surface area contributed by atoms with E-state index in [0.29, 0.717) is 49.1 Å². The number of benzene rings is 2. The fourth-order valence-electron chi connectivity index (χ4n) is 3.01. The van der Waals surface area contributed by atoms with Crippen LogP contribution in [0.1, 0.15) is 5.82 Å². The fourth-order valence-corrected chi connectivity index (χ4v) is 3.01. The first-order valence-electron chi connectivity index (χ1n) is 8.00. The van der Waals surface area contributed by atoms with Crippen molar-refractivity contribution in [1.82, 2.24) is 14.9 Å². The molecule has 4 nitrogen and oxygen atoms in total. The molecule has 0 aliphatic carbocycles. The maximum Gasteiger partial charge on any atom is 0.139 e. The number of rotatable bonds is 3. The molecule has 0 fully saturated rings. The first-order chi connectivity index (χ1) is 12.5. The summed E-state index contributed by atoms with van der Waals surface area (Å²) in [5, 5.41) is 6.19. The van der Waals surface area contributed by atoms with Crippen LogP contribution >= 0.6 is 0 Å². The SMILES string of the molecule is Fc1ccc(Nc2c(-c3c(F)cc(F)cc3F)nc3n2CCNC3)cc1. The van der Waals surface area contributed by atoms with Crippen molar-refractivity contribution in [1.29, 1.82) is 0 Å². The Morgan fingerprint density at radius 2 is 1.65 bits per heavy atom. The van der Waals surface area contributed by atoms with Gasteiger partial charge in [0.05, 0.1) is 12.1 Å². The lowest BCUT2D eigenvalue weighted by atomic mass is 10.1. The lowest BCUT2D eigenvalue weighted by Gasteiger charge is -2.18. The summed E-state index contributed by atoms with van der Waals surface area (Å²) in [6.45, 7) is 1.63. The number of nitrogens with one attached hydrogen (secondary N) is 2. The van der Waals surface area contributed by atoms with Crippen molar-refractivity contribution in [3.05, 3.63) is 65.5 Å². The molecule has 0 saturated carbocycles. The Kier molecular flexibility index (Phi) is 4.12. The van der Waals surface area contributed by atoms with Crippen molar-refractivity contribution in [2.45, 2.75) is 13.1 Å². The average Bonchev–Trinajstić information content (AvgIpc) is 2.94. The van der Waals surface area contributed by atoms with Crippen molar-refractivity contribution in [3.8, 4) is 11.3 Å². The summed E-state index contributed by atoms with van der Waals surface area (Å²) < 4.78 is 56.8. The van der Waals surface area contributed by atoms with E-state index in [-0.39, 0.29) is 5.69 Å². The van der Waals surface area contributed by atoms with Gasteiger partial charge in [0.25, 0.3) is 0 Å². The molecule has 0 radical (unpaired) electrons. The highest BCUT2D eigenvalue weighted by atomic mass is 19.1. The van der Waals surface area contributed by atoms with Gasteiger partial charge in [-0.3, -0.25) is 0 Å². The topological polar surface area (TPSA) is 41.9 Å². The number of fused-ring (bicyclic) bond motifs is 1. The Labute approximate surface area is 146 Å². The second-order valence-corrected chi connectivity index (χ2v) is 5.93. The summed E-state index contributed by atoms with van der Waals surface area (Å²) in [4.78, 5) is 4.35. The van der Waals surface area contributed by atoms with Crippen LogP contribution in [0, 0.1) is 23.3 Å². The molecule has 0 unspecified atom stereocenters. The van der Waals surface area contributed by atoms with E-state index in [1.165, 1.54) is 24.3 Å². The Morgan fingerprint density at radius 3 is 2.35 bits per heavy atom. The van der Waals surface area contributed by atoms with Crippen molar-refractivity contribution in [2.24, 2.45) is 0 Å². The molecular weight excluding hydrogens is 348 g/mol. The van der Waals surface area contributed by atoms with Crippen LogP contribution in [0.3, 0.4) is 0 Å². The van der Waals surface area contributed by atoms with Gasteiger partial charge in [-0.2, -0.15) is 0 Å². The standard InChI is InChI=1S/C18H14F4N4/c19-10-1-3-12(4-2-10)24-18-17(25-15-9-23-5-6-26(15)18)16-13(21)7-11(20)8-14(16)22/h1-4,7-8,23-24H,5-6,9H2. The van der Waals surface area contributed by atoms with Crippen LogP contribution in [0.5, 0.6) is 0 Å². The molecule has 1 aromatic heterocycles. The highest BCUT2D eigenvalue weighted by Gasteiger charge is 2.25. The Bertz CT molecular complexity index is 943. The third kappa shape index (κ3) is 2.92. The number of nitrogens with zero attached hydrogens (tertiary/aromatic N) is 2. The molecule has 134 valence electrons. The molecule has 26 heavy (non-hydrogen) atoms. The van der Waals surface area contributed by atoms with Gasteiger partial charge in [-0.15, -0.1) is 0 Å². The fraction of sp³-hybridized carbons (Fsp3) is 0.167. The maximum absolute atomic E-state index is 14.3. The van der Waals surface area contributed by atoms with E-state index in [2.05, 4.69) is 15.6 Å². The Hall–Kier alpha value is -2.87. The predicted octanol–water partition coefficient (Wildman–Crippen LogP) is 3.95. The van der Waals surface area contributed by atoms with Gasteiger partial charge in [-0.25, -0.2) is 22.5 Å². The maximum atomic E-state index is 14.3. The van der Waals surface area contributed by atoms with Crippen molar-refractivity contribution < 1.29 is 17.6 Å². The minimum absolute atomic E-state index is 0.0445. The highest BCUT2D eigenvalue weighted by molar-refractivity contribution is 5.77. The molecule has 0 atom stereocenters. The van der Waals surface area contributed by atoms with Crippen molar-refractivity contribution >= 4 is 11.5 Å². The number of imidazole rings is 1. The van der Waals surface area contributed by atoms with Crippen LogP contribution < -0.4 is 10.6 Å². The Balaban J connectivity index is 1.87. The van der Waals surface area contributed by atoms with E-state index in [1.54, 1.807) is 4.57 Å². The van der Waals surface area contributed by atoms with E-state index in [1.807, 2.05) is 0 Å².